The second-order valence-corrected chi connectivity index (χ2v) is 7.72. The molecular formula is C23H23ClN4O4. The van der Waals surface area contributed by atoms with Gasteiger partial charge < -0.3 is 10.2 Å². The summed E-state index contributed by atoms with van der Waals surface area (Å²) in [5.74, 6) is 5.40. The highest BCUT2D eigenvalue weighted by atomic mass is 35.5. The van der Waals surface area contributed by atoms with Gasteiger partial charge >= 0.3 is 5.69 Å². The van der Waals surface area contributed by atoms with Crippen LogP contribution >= 0.6 is 11.6 Å². The number of piperidine rings is 1. The van der Waals surface area contributed by atoms with Gasteiger partial charge in [0.15, 0.2) is 0 Å². The Kier molecular flexibility index (Phi) is 7.33. The van der Waals surface area contributed by atoms with Crippen LogP contribution < -0.4 is 16.6 Å². The van der Waals surface area contributed by atoms with Crippen LogP contribution in [-0.4, -0.2) is 32.4 Å². The van der Waals surface area contributed by atoms with E-state index in [9.17, 15) is 19.2 Å². The highest BCUT2D eigenvalue weighted by molar-refractivity contribution is 6.32. The zero-order chi connectivity index (χ0) is 23.3. The first kappa shape index (κ1) is 23.1. The molecule has 0 unspecified atom stereocenters. The molecule has 0 aliphatic carbocycles. The maximum absolute atomic E-state index is 12.5. The molecule has 2 heterocycles. The summed E-state index contributed by atoms with van der Waals surface area (Å²) >= 11 is 6.22. The molecule has 0 saturated carbocycles. The number of halogens is 1. The van der Waals surface area contributed by atoms with Gasteiger partial charge in [-0.15, -0.1) is 0 Å². The quantitative estimate of drug-likeness (QED) is 0.424. The standard InChI is InChI=1S/C23H23ClN4O4/c1-3-18(29)25-20-21(24)28(23(32)26(2)22(20)31)13-7-10-16-8-6-9-17(14-16)15-27-12-5-4-11-19(27)30/h3,6,8-9,14H,1,4-5,11-13,15H2,2H3,(H,25,29). The lowest BCUT2D eigenvalue weighted by atomic mass is 10.1. The van der Waals surface area contributed by atoms with Crippen molar-refractivity contribution in [3.05, 3.63) is 74.0 Å². The molecule has 1 N–H and O–H groups in total. The molecular weight excluding hydrogens is 432 g/mol. The van der Waals surface area contributed by atoms with E-state index in [1.165, 1.54) is 7.05 Å². The average Bonchev–Trinajstić information content (AvgIpc) is 2.79. The lowest BCUT2D eigenvalue weighted by Crippen LogP contribution is -2.40. The summed E-state index contributed by atoms with van der Waals surface area (Å²) in [6.07, 6.45) is 3.53. The Bertz CT molecular complexity index is 1250. The van der Waals surface area contributed by atoms with Gasteiger partial charge in [0.1, 0.15) is 10.8 Å². The summed E-state index contributed by atoms with van der Waals surface area (Å²) in [6, 6.07) is 7.53. The number of likely N-dealkylation sites (tertiary alicyclic amines) is 1. The van der Waals surface area contributed by atoms with E-state index >= 15 is 0 Å². The minimum atomic E-state index is -0.723. The number of rotatable bonds is 5. The van der Waals surface area contributed by atoms with Crippen molar-refractivity contribution < 1.29 is 9.59 Å². The number of benzene rings is 1. The minimum Gasteiger partial charge on any atom is -0.338 e. The molecule has 0 atom stereocenters. The molecule has 2 amide bonds. The van der Waals surface area contributed by atoms with E-state index in [0.717, 1.165) is 45.7 Å². The van der Waals surface area contributed by atoms with Crippen LogP contribution in [0.1, 0.15) is 30.4 Å². The fraction of sp³-hybridized carbons (Fsp3) is 0.304. The Labute approximate surface area is 190 Å². The largest absolute Gasteiger partial charge is 0.338 e. The summed E-state index contributed by atoms with van der Waals surface area (Å²) in [5, 5.41) is 2.12. The van der Waals surface area contributed by atoms with Gasteiger partial charge in [-0.05, 0) is 36.6 Å². The van der Waals surface area contributed by atoms with Crippen LogP contribution in [0.5, 0.6) is 0 Å². The molecule has 166 valence electrons. The van der Waals surface area contributed by atoms with E-state index in [-0.39, 0.29) is 23.3 Å². The monoisotopic (exact) mass is 454 g/mol. The fourth-order valence-corrected chi connectivity index (χ4v) is 3.64. The van der Waals surface area contributed by atoms with Crippen molar-refractivity contribution in [1.29, 1.82) is 0 Å². The van der Waals surface area contributed by atoms with Gasteiger partial charge in [0.25, 0.3) is 5.56 Å². The normalized spacial score (nSPS) is 13.3. The fourth-order valence-electron chi connectivity index (χ4n) is 3.38. The zero-order valence-corrected chi connectivity index (χ0v) is 18.4. The lowest BCUT2D eigenvalue weighted by Gasteiger charge is -2.26. The predicted molar refractivity (Wildman–Crippen MR) is 122 cm³/mol. The third-order valence-electron chi connectivity index (χ3n) is 5.10. The molecule has 8 nitrogen and oxygen atoms in total. The molecule has 1 aliphatic rings. The van der Waals surface area contributed by atoms with Crippen LogP contribution in [0.3, 0.4) is 0 Å². The second kappa shape index (κ2) is 10.2. The van der Waals surface area contributed by atoms with Crippen LogP contribution in [0, 0.1) is 11.8 Å². The van der Waals surface area contributed by atoms with E-state index in [2.05, 4.69) is 23.7 Å². The molecule has 2 aromatic rings. The molecule has 32 heavy (non-hydrogen) atoms. The highest BCUT2D eigenvalue weighted by Gasteiger charge is 2.18. The summed E-state index contributed by atoms with van der Waals surface area (Å²) in [5.41, 5.74) is 0.108. The zero-order valence-electron chi connectivity index (χ0n) is 17.7. The Morgan fingerprint density at radius 2 is 2.06 bits per heavy atom. The highest BCUT2D eigenvalue weighted by Crippen LogP contribution is 2.16. The molecule has 1 fully saturated rings. The summed E-state index contributed by atoms with van der Waals surface area (Å²) < 4.78 is 1.95. The van der Waals surface area contributed by atoms with Crippen LogP contribution in [0.4, 0.5) is 5.69 Å². The first-order valence-corrected chi connectivity index (χ1v) is 10.5. The molecule has 1 saturated heterocycles. The molecule has 9 heteroatoms. The van der Waals surface area contributed by atoms with Gasteiger partial charge in [0, 0.05) is 32.1 Å². The number of carbonyl (C=O) groups excluding carboxylic acids is 2. The number of hydrogen-bond acceptors (Lipinski definition) is 4. The van der Waals surface area contributed by atoms with E-state index < -0.39 is 17.2 Å². The van der Waals surface area contributed by atoms with Crippen LogP contribution in [-0.2, 0) is 29.7 Å². The van der Waals surface area contributed by atoms with Crippen molar-refractivity contribution in [2.45, 2.75) is 32.4 Å². The number of carbonyl (C=O) groups is 2. The summed E-state index contributed by atoms with van der Waals surface area (Å²) in [4.78, 5) is 50.3. The average molecular weight is 455 g/mol. The van der Waals surface area contributed by atoms with Gasteiger partial charge in [0.05, 0.1) is 6.54 Å². The Balaban J connectivity index is 1.82. The number of nitrogens with zero attached hydrogens (tertiary/aromatic N) is 3. The lowest BCUT2D eigenvalue weighted by molar-refractivity contribution is -0.133. The van der Waals surface area contributed by atoms with E-state index in [1.807, 2.05) is 29.2 Å². The molecule has 1 aromatic carbocycles. The molecule has 1 aromatic heterocycles. The van der Waals surface area contributed by atoms with Crippen molar-refractivity contribution in [3.8, 4) is 11.8 Å². The topological polar surface area (TPSA) is 93.4 Å². The Hall–Kier alpha value is -3.57. The van der Waals surface area contributed by atoms with Crippen molar-refractivity contribution in [3.63, 3.8) is 0 Å². The van der Waals surface area contributed by atoms with E-state index in [4.69, 9.17) is 11.6 Å². The number of hydrogen-bond donors (Lipinski definition) is 1. The maximum atomic E-state index is 12.5. The molecule has 1 aliphatic heterocycles. The number of aromatic nitrogens is 2. The number of amides is 2. The molecule has 3 rings (SSSR count). The summed E-state index contributed by atoms with van der Waals surface area (Å²) in [7, 11) is 1.29. The predicted octanol–water partition coefficient (Wildman–Crippen LogP) is 1.89. The van der Waals surface area contributed by atoms with Crippen LogP contribution in [0.2, 0.25) is 5.15 Å². The smallest absolute Gasteiger partial charge is 0.332 e. The van der Waals surface area contributed by atoms with E-state index in [0.29, 0.717) is 13.0 Å². The van der Waals surface area contributed by atoms with Gasteiger partial charge in [-0.2, -0.15) is 0 Å². The third kappa shape index (κ3) is 5.18. The van der Waals surface area contributed by atoms with Crippen LogP contribution in [0.25, 0.3) is 0 Å². The SMILES string of the molecule is C=CC(=O)Nc1c(Cl)n(CC#Cc2cccc(CN3CCCCC3=O)c2)c(=O)n(C)c1=O. The van der Waals surface area contributed by atoms with Gasteiger partial charge in [-0.1, -0.05) is 42.2 Å². The van der Waals surface area contributed by atoms with Gasteiger partial charge in [-0.3, -0.25) is 23.5 Å². The molecule has 0 spiro atoms. The Morgan fingerprint density at radius 3 is 2.78 bits per heavy atom. The summed E-state index contributed by atoms with van der Waals surface area (Å²) in [6.45, 7) is 4.54. The van der Waals surface area contributed by atoms with Crippen LogP contribution in [0.15, 0.2) is 46.5 Å². The van der Waals surface area contributed by atoms with Crippen molar-refractivity contribution >= 4 is 29.1 Å². The van der Waals surface area contributed by atoms with E-state index in [1.54, 1.807) is 0 Å². The first-order valence-electron chi connectivity index (χ1n) is 10.1. The van der Waals surface area contributed by atoms with Gasteiger partial charge in [0.2, 0.25) is 11.8 Å². The minimum absolute atomic E-state index is 0.0857. The molecule has 0 radical (unpaired) electrons. The van der Waals surface area contributed by atoms with Crippen molar-refractivity contribution in [2.75, 3.05) is 11.9 Å². The number of anilines is 1. The van der Waals surface area contributed by atoms with Crippen molar-refractivity contribution in [2.24, 2.45) is 7.05 Å². The first-order chi connectivity index (χ1) is 15.3. The third-order valence-corrected chi connectivity index (χ3v) is 5.50. The maximum Gasteiger partial charge on any atom is 0.332 e. The van der Waals surface area contributed by atoms with Gasteiger partial charge in [-0.25, -0.2) is 4.79 Å². The Morgan fingerprint density at radius 1 is 1.28 bits per heavy atom. The van der Waals surface area contributed by atoms with Crippen molar-refractivity contribution in [1.82, 2.24) is 14.0 Å². The second-order valence-electron chi connectivity index (χ2n) is 7.37. The number of nitrogens with one attached hydrogen (secondary N) is 1. The molecule has 0 bridgehead atoms.